The van der Waals surface area contributed by atoms with Crippen LogP contribution < -0.4 is 4.90 Å². The summed E-state index contributed by atoms with van der Waals surface area (Å²) < 4.78 is 39.5. The lowest BCUT2D eigenvalue weighted by atomic mass is 10.1. The predicted octanol–water partition coefficient (Wildman–Crippen LogP) is 4.32. The molecule has 0 atom stereocenters. The van der Waals surface area contributed by atoms with Crippen molar-refractivity contribution in [3.63, 3.8) is 0 Å². The van der Waals surface area contributed by atoms with Crippen molar-refractivity contribution in [1.29, 1.82) is 0 Å². The number of hydrogen-bond donors (Lipinski definition) is 0. The summed E-state index contributed by atoms with van der Waals surface area (Å²) in [7, 11) is 0. The van der Waals surface area contributed by atoms with Gasteiger partial charge < -0.3 is 9.80 Å². The summed E-state index contributed by atoms with van der Waals surface area (Å²) in [5, 5.41) is 0.476. The van der Waals surface area contributed by atoms with Crippen LogP contribution in [0.15, 0.2) is 48.5 Å². The molecule has 1 aliphatic heterocycles. The zero-order valence-corrected chi connectivity index (χ0v) is 14.0. The number of para-hydroxylation sites is 1. The third-order valence-electron chi connectivity index (χ3n) is 4.19. The Hall–Kier alpha value is -2.21. The van der Waals surface area contributed by atoms with E-state index < -0.39 is 11.7 Å². The van der Waals surface area contributed by atoms with Crippen molar-refractivity contribution in [3.8, 4) is 0 Å². The number of rotatable bonds is 2. The first-order chi connectivity index (χ1) is 11.9. The largest absolute Gasteiger partial charge is 0.418 e. The van der Waals surface area contributed by atoms with E-state index in [0.29, 0.717) is 36.8 Å². The van der Waals surface area contributed by atoms with Gasteiger partial charge in [0.15, 0.2) is 0 Å². The maximum Gasteiger partial charge on any atom is 0.418 e. The van der Waals surface area contributed by atoms with Crippen molar-refractivity contribution >= 4 is 23.2 Å². The van der Waals surface area contributed by atoms with Gasteiger partial charge in [-0.2, -0.15) is 13.2 Å². The van der Waals surface area contributed by atoms with Gasteiger partial charge in [-0.05, 0) is 30.3 Å². The van der Waals surface area contributed by atoms with Crippen molar-refractivity contribution in [1.82, 2.24) is 4.90 Å². The molecule has 0 spiro atoms. The van der Waals surface area contributed by atoms with E-state index in [-0.39, 0.29) is 11.6 Å². The molecule has 1 aliphatic rings. The highest BCUT2D eigenvalue weighted by molar-refractivity contribution is 6.30. The highest BCUT2D eigenvalue weighted by atomic mass is 35.5. The van der Waals surface area contributed by atoms with Crippen LogP contribution in [0.3, 0.4) is 0 Å². The molecule has 7 heteroatoms. The maximum absolute atomic E-state index is 13.2. The van der Waals surface area contributed by atoms with Crippen LogP contribution in [-0.4, -0.2) is 37.0 Å². The van der Waals surface area contributed by atoms with Gasteiger partial charge in [0, 0.05) is 42.5 Å². The zero-order valence-electron chi connectivity index (χ0n) is 13.3. The van der Waals surface area contributed by atoms with E-state index in [1.165, 1.54) is 12.1 Å². The average Bonchev–Trinajstić information content (AvgIpc) is 2.60. The molecule has 0 aromatic heterocycles. The quantitative estimate of drug-likeness (QED) is 0.788. The molecule has 2 aromatic carbocycles. The maximum atomic E-state index is 13.2. The van der Waals surface area contributed by atoms with Crippen molar-refractivity contribution in [2.45, 2.75) is 6.18 Å². The zero-order chi connectivity index (χ0) is 18.0. The molecule has 0 bridgehead atoms. The molecule has 0 unspecified atom stereocenters. The molecule has 132 valence electrons. The molecular formula is C18H16ClF3N2O. The fourth-order valence-electron chi connectivity index (χ4n) is 2.94. The number of carbonyl (C=O) groups is 1. The summed E-state index contributed by atoms with van der Waals surface area (Å²) in [6, 6.07) is 12.2. The first-order valence-electron chi connectivity index (χ1n) is 7.82. The van der Waals surface area contributed by atoms with Crippen molar-refractivity contribution < 1.29 is 18.0 Å². The summed E-state index contributed by atoms with van der Waals surface area (Å²) in [6.07, 6.45) is -4.40. The smallest absolute Gasteiger partial charge is 0.367 e. The van der Waals surface area contributed by atoms with Crippen molar-refractivity contribution in [2.24, 2.45) is 0 Å². The third kappa shape index (κ3) is 3.90. The van der Waals surface area contributed by atoms with E-state index in [1.807, 2.05) is 0 Å². The molecule has 1 amide bonds. The van der Waals surface area contributed by atoms with Crippen LogP contribution in [0.2, 0.25) is 5.02 Å². The van der Waals surface area contributed by atoms with Crippen LogP contribution in [0.5, 0.6) is 0 Å². The summed E-state index contributed by atoms with van der Waals surface area (Å²) in [6.45, 7) is 1.41. The van der Waals surface area contributed by atoms with Gasteiger partial charge >= 0.3 is 6.18 Å². The van der Waals surface area contributed by atoms with Crippen LogP contribution in [-0.2, 0) is 6.18 Å². The molecule has 3 nitrogen and oxygen atoms in total. The van der Waals surface area contributed by atoms with Crippen molar-refractivity contribution in [2.75, 3.05) is 31.1 Å². The second kappa shape index (κ2) is 6.96. The fraction of sp³-hybridized carbons (Fsp3) is 0.278. The molecule has 0 saturated carbocycles. The Morgan fingerprint density at radius 2 is 1.64 bits per heavy atom. The number of nitrogens with zero attached hydrogens (tertiary/aromatic N) is 2. The van der Waals surface area contributed by atoms with Crippen LogP contribution in [0.1, 0.15) is 15.9 Å². The number of piperazine rings is 1. The molecular weight excluding hydrogens is 353 g/mol. The highest BCUT2D eigenvalue weighted by Crippen LogP contribution is 2.36. The van der Waals surface area contributed by atoms with Crippen LogP contribution in [0.4, 0.5) is 18.9 Å². The standard InChI is InChI=1S/C18H16ClF3N2O/c19-14-5-3-4-13(12-14)17(25)24-10-8-23(9-11-24)16-7-2-1-6-15(16)18(20,21)22/h1-7,12H,8-11H2. The minimum Gasteiger partial charge on any atom is -0.367 e. The van der Waals surface area contributed by atoms with Gasteiger partial charge in [-0.3, -0.25) is 4.79 Å². The lowest BCUT2D eigenvalue weighted by Crippen LogP contribution is -2.49. The highest BCUT2D eigenvalue weighted by Gasteiger charge is 2.35. The molecule has 0 N–H and O–H groups in total. The van der Waals surface area contributed by atoms with Gasteiger partial charge in [0.05, 0.1) is 5.56 Å². The molecule has 25 heavy (non-hydrogen) atoms. The minimum absolute atomic E-state index is 0.157. The van der Waals surface area contributed by atoms with Crippen molar-refractivity contribution in [3.05, 3.63) is 64.7 Å². The lowest BCUT2D eigenvalue weighted by Gasteiger charge is -2.37. The molecule has 2 aromatic rings. The monoisotopic (exact) mass is 368 g/mol. The summed E-state index contributed by atoms with van der Waals surface area (Å²) in [5.41, 5.74) is -0.00823. The number of hydrogen-bond acceptors (Lipinski definition) is 2. The van der Waals surface area contributed by atoms with E-state index in [1.54, 1.807) is 40.1 Å². The Bertz CT molecular complexity index is 771. The van der Waals surface area contributed by atoms with Gasteiger partial charge in [0.2, 0.25) is 0 Å². The van der Waals surface area contributed by atoms with E-state index >= 15 is 0 Å². The van der Waals surface area contributed by atoms with Crippen LogP contribution in [0.25, 0.3) is 0 Å². The van der Waals surface area contributed by atoms with Crippen LogP contribution in [0, 0.1) is 0 Å². The Kier molecular flexibility index (Phi) is 4.90. The minimum atomic E-state index is -4.40. The number of amides is 1. The third-order valence-corrected chi connectivity index (χ3v) is 4.42. The number of benzene rings is 2. The Morgan fingerprint density at radius 3 is 2.28 bits per heavy atom. The lowest BCUT2D eigenvalue weighted by molar-refractivity contribution is -0.137. The Balaban J connectivity index is 1.72. The number of anilines is 1. The molecule has 1 saturated heterocycles. The molecule has 1 fully saturated rings. The van der Waals surface area contributed by atoms with Gasteiger partial charge in [-0.25, -0.2) is 0 Å². The first kappa shape index (κ1) is 17.6. The molecule has 1 heterocycles. The average molecular weight is 369 g/mol. The fourth-order valence-corrected chi connectivity index (χ4v) is 3.13. The van der Waals surface area contributed by atoms with Gasteiger partial charge in [-0.15, -0.1) is 0 Å². The number of halogens is 4. The van der Waals surface area contributed by atoms with E-state index in [0.717, 1.165) is 6.07 Å². The van der Waals surface area contributed by atoms with Gasteiger partial charge in [-0.1, -0.05) is 29.8 Å². The topological polar surface area (TPSA) is 23.6 Å². The Labute approximate surface area is 148 Å². The summed E-state index contributed by atoms with van der Waals surface area (Å²) in [5.74, 6) is -0.161. The second-order valence-electron chi connectivity index (χ2n) is 5.80. The SMILES string of the molecule is O=C(c1cccc(Cl)c1)N1CCN(c2ccccc2C(F)(F)F)CC1. The molecule has 0 aliphatic carbocycles. The molecule has 0 radical (unpaired) electrons. The number of alkyl halides is 3. The summed E-state index contributed by atoms with van der Waals surface area (Å²) >= 11 is 5.91. The predicted molar refractivity (Wildman–Crippen MR) is 91.0 cm³/mol. The normalized spacial score (nSPS) is 15.4. The molecule has 3 rings (SSSR count). The van der Waals surface area contributed by atoms with E-state index in [2.05, 4.69) is 0 Å². The van der Waals surface area contributed by atoms with E-state index in [9.17, 15) is 18.0 Å². The second-order valence-corrected chi connectivity index (χ2v) is 6.24. The first-order valence-corrected chi connectivity index (χ1v) is 8.20. The van der Waals surface area contributed by atoms with Gasteiger partial charge in [0.25, 0.3) is 5.91 Å². The Morgan fingerprint density at radius 1 is 0.960 bits per heavy atom. The summed E-state index contributed by atoms with van der Waals surface area (Å²) in [4.78, 5) is 15.8. The van der Waals surface area contributed by atoms with Crippen LogP contribution >= 0.6 is 11.6 Å². The van der Waals surface area contributed by atoms with E-state index in [4.69, 9.17) is 11.6 Å². The van der Waals surface area contributed by atoms with Gasteiger partial charge in [0.1, 0.15) is 0 Å². The number of carbonyl (C=O) groups excluding carboxylic acids is 1.